The van der Waals surface area contributed by atoms with Gasteiger partial charge in [-0.15, -0.1) is 0 Å². The van der Waals surface area contributed by atoms with Gasteiger partial charge in [0.25, 0.3) is 21.8 Å². The van der Waals surface area contributed by atoms with Gasteiger partial charge < -0.3 is 14.8 Å². The van der Waals surface area contributed by atoms with Crippen LogP contribution >= 0.6 is 11.3 Å². The maximum Gasteiger partial charge on any atom is 0.267 e. The van der Waals surface area contributed by atoms with Crippen LogP contribution in [0.4, 0.5) is 10.2 Å². The summed E-state index contributed by atoms with van der Waals surface area (Å²) >= 11 is 1.61. The van der Waals surface area contributed by atoms with Crippen molar-refractivity contribution in [3.05, 3.63) is 100 Å². The molecule has 2 amide bonds. The number of halogens is 1. The van der Waals surface area contributed by atoms with Crippen molar-refractivity contribution >= 4 is 39.0 Å². The first kappa shape index (κ1) is 28.7. The van der Waals surface area contributed by atoms with E-state index in [0.717, 1.165) is 23.9 Å². The number of nitrogens with one attached hydrogen (secondary N) is 2. The topological polar surface area (TPSA) is 124 Å². The molecule has 0 saturated carbocycles. The van der Waals surface area contributed by atoms with E-state index in [1.54, 1.807) is 29.5 Å². The molecule has 0 saturated heterocycles. The molecule has 208 valence electrons. The lowest BCUT2D eigenvalue weighted by atomic mass is 10.1. The highest BCUT2D eigenvalue weighted by Crippen LogP contribution is 2.25. The number of carbonyl (C=O) groups excluding carboxylic acids is 2. The minimum Gasteiger partial charge on any atom is -0.493 e. The van der Waals surface area contributed by atoms with E-state index >= 15 is 0 Å². The Labute approximate surface area is 235 Å². The summed E-state index contributed by atoms with van der Waals surface area (Å²) in [6.45, 7) is 4.15. The molecule has 4 rings (SSSR count). The Morgan fingerprint density at radius 1 is 1.00 bits per heavy atom. The molecule has 0 aliphatic carbocycles. The van der Waals surface area contributed by atoms with E-state index in [0.29, 0.717) is 24.5 Å². The van der Waals surface area contributed by atoms with Gasteiger partial charge in [-0.05, 0) is 72.6 Å². The molecule has 12 heteroatoms. The van der Waals surface area contributed by atoms with E-state index in [-0.39, 0.29) is 23.0 Å². The molecule has 2 aromatic heterocycles. The molecule has 0 spiro atoms. The van der Waals surface area contributed by atoms with Crippen LogP contribution in [-0.4, -0.2) is 37.9 Å². The van der Waals surface area contributed by atoms with E-state index in [4.69, 9.17) is 9.47 Å². The minimum absolute atomic E-state index is 0.105. The summed E-state index contributed by atoms with van der Waals surface area (Å²) in [6, 6.07) is 14.2. The molecule has 0 atom stereocenters. The molecule has 9 nitrogen and oxygen atoms in total. The average Bonchev–Trinajstić information content (AvgIpc) is 3.42. The fourth-order valence-corrected chi connectivity index (χ4v) is 5.29. The second kappa shape index (κ2) is 12.7. The number of benzene rings is 2. The van der Waals surface area contributed by atoms with Gasteiger partial charge in [0.2, 0.25) is 0 Å². The Morgan fingerprint density at radius 3 is 2.45 bits per heavy atom. The van der Waals surface area contributed by atoms with E-state index in [2.05, 4.69) is 10.3 Å². The lowest BCUT2D eigenvalue weighted by molar-refractivity contribution is 0.0980. The van der Waals surface area contributed by atoms with E-state index in [9.17, 15) is 22.4 Å². The number of thiophene rings is 1. The smallest absolute Gasteiger partial charge is 0.267 e. The van der Waals surface area contributed by atoms with Gasteiger partial charge in [0.15, 0.2) is 0 Å². The van der Waals surface area contributed by atoms with Crippen LogP contribution in [0.2, 0.25) is 0 Å². The van der Waals surface area contributed by atoms with Crippen LogP contribution in [0.25, 0.3) is 0 Å². The van der Waals surface area contributed by atoms with Gasteiger partial charge in [-0.3, -0.25) is 9.59 Å². The SMILES string of the molecule is CC(C)Oc1cc(OCCc2ccsc2)cc(C(=O)Nc2ccc(C(=O)NS(=O)(=O)c3ccccc3F)cn2)c1. The largest absolute Gasteiger partial charge is 0.493 e. The molecular weight excluding hydrogens is 557 g/mol. The summed E-state index contributed by atoms with van der Waals surface area (Å²) in [5, 5.41) is 6.67. The van der Waals surface area contributed by atoms with Crippen molar-refractivity contribution < 1.29 is 31.9 Å². The first-order chi connectivity index (χ1) is 19.1. The first-order valence-electron chi connectivity index (χ1n) is 12.2. The number of ether oxygens (including phenoxy) is 2. The summed E-state index contributed by atoms with van der Waals surface area (Å²) < 4.78 is 52.1. The number of aromatic nitrogens is 1. The normalized spacial score (nSPS) is 11.2. The lowest BCUT2D eigenvalue weighted by Gasteiger charge is -2.14. The van der Waals surface area contributed by atoms with Crippen LogP contribution < -0.4 is 19.5 Å². The monoisotopic (exact) mass is 583 g/mol. The van der Waals surface area contributed by atoms with Crippen LogP contribution in [-0.2, 0) is 16.4 Å². The van der Waals surface area contributed by atoms with Gasteiger partial charge in [0, 0.05) is 24.2 Å². The van der Waals surface area contributed by atoms with E-state index in [1.807, 2.05) is 35.4 Å². The van der Waals surface area contributed by atoms with Crippen molar-refractivity contribution in [3.8, 4) is 11.5 Å². The predicted octanol–water partition coefficient (Wildman–Crippen LogP) is 5.06. The van der Waals surface area contributed by atoms with Crippen LogP contribution in [0.1, 0.15) is 40.1 Å². The molecule has 40 heavy (non-hydrogen) atoms. The van der Waals surface area contributed by atoms with Gasteiger partial charge in [0.05, 0.1) is 18.3 Å². The molecule has 0 aliphatic heterocycles. The molecule has 0 aliphatic rings. The fraction of sp³-hybridized carbons (Fsp3) is 0.179. The number of rotatable bonds is 11. The molecule has 4 aromatic rings. The third-order valence-corrected chi connectivity index (χ3v) is 7.47. The highest BCUT2D eigenvalue weighted by atomic mass is 32.2. The first-order valence-corrected chi connectivity index (χ1v) is 14.6. The maximum atomic E-state index is 13.9. The highest BCUT2D eigenvalue weighted by molar-refractivity contribution is 7.90. The Morgan fingerprint density at radius 2 is 1.77 bits per heavy atom. The van der Waals surface area contributed by atoms with E-state index in [1.165, 1.54) is 24.3 Å². The second-order valence-electron chi connectivity index (χ2n) is 8.84. The summed E-state index contributed by atoms with van der Waals surface area (Å²) in [6.07, 6.45) is 1.68. The molecule has 2 heterocycles. The van der Waals surface area contributed by atoms with Crippen molar-refractivity contribution in [2.24, 2.45) is 0 Å². The number of sulfonamides is 1. The number of hydrogen-bond acceptors (Lipinski definition) is 8. The van der Waals surface area contributed by atoms with Gasteiger partial charge in [0.1, 0.15) is 28.0 Å². The van der Waals surface area contributed by atoms with Crippen LogP contribution in [0, 0.1) is 5.82 Å². The molecule has 2 aromatic carbocycles. The van der Waals surface area contributed by atoms with Crippen LogP contribution in [0.3, 0.4) is 0 Å². The Kier molecular flexibility index (Phi) is 9.12. The van der Waals surface area contributed by atoms with Gasteiger partial charge in [-0.1, -0.05) is 12.1 Å². The quantitative estimate of drug-likeness (QED) is 0.253. The summed E-state index contributed by atoms with van der Waals surface area (Å²) in [5.41, 5.74) is 1.32. The van der Waals surface area contributed by atoms with Crippen molar-refractivity contribution in [2.45, 2.75) is 31.3 Å². The Hall–Kier alpha value is -4.29. The van der Waals surface area contributed by atoms with Crippen molar-refractivity contribution in [2.75, 3.05) is 11.9 Å². The highest BCUT2D eigenvalue weighted by Gasteiger charge is 2.22. The zero-order valence-corrected chi connectivity index (χ0v) is 23.2. The second-order valence-corrected chi connectivity index (χ2v) is 11.3. The van der Waals surface area contributed by atoms with Crippen LogP contribution in [0.5, 0.6) is 11.5 Å². The molecule has 2 N–H and O–H groups in total. The van der Waals surface area contributed by atoms with Gasteiger partial charge in [-0.25, -0.2) is 22.5 Å². The molecule has 0 fully saturated rings. The van der Waals surface area contributed by atoms with Crippen molar-refractivity contribution in [3.63, 3.8) is 0 Å². The number of carbonyl (C=O) groups is 2. The minimum atomic E-state index is -4.44. The Bertz CT molecular complexity index is 1590. The molecule has 0 radical (unpaired) electrons. The van der Waals surface area contributed by atoms with Crippen LogP contribution in [0.15, 0.2) is 82.5 Å². The van der Waals surface area contributed by atoms with Gasteiger partial charge in [-0.2, -0.15) is 11.3 Å². The summed E-state index contributed by atoms with van der Waals surface area (Å²) in [4.78, 5) is 28.8. The predicted molar refractivity (Wildman–Crippen MR) is 149 cm³/mol. The van der Waals surface area contributed by atoms with E-state index < -0.39 is 32.6 Å². The lowest BCUT2D eigenvalue weighted by Crippen LogP contribution is -2.31. The van der Waals surface area contributed by atoms with Gasteiger partial charge >= 0.3 is 0 Å². The zero-order valence-electron chi connectivity index (χ0n) is 21.6. The van der Waals surface area contributed by atoms with Crippen molar-refractivity contribution in [1.29, 1.82) is 0 Å². The van der Waals surface area contributed by atoms with Crippen molar-refractivity contribution in [1.82, 2.24) is 9.71 Å². The number of hydrogen-bond donors (Lipinski definition) is 2. The fourth-order valence-electron chi connectivity index (χ4n) is 3.54. The number of anilines is 1. The molecule has 0 unspecified atom stereocenters. The number of nitrogens with zero attached hydrogens (tertiary/aromatic N) is 1. The molecular formula is C28H26FN3O6S2. The zero-order chi connectivity index (χ0) is 28.7. The number of amides is 2. The number of pyridine rings is 1. The maximum absolute atomic E-state index is 13.9. The average molecular weight is 584 g/mol. The third-order valence-electron chi connectivity index (χ3n) is 5.37. The Balaban J connectivity index is 1.43. The summed E-state index contributed by atoms with van der Waals surface area (Å²) in [5.74, 6) is -1.44. The third kappa shape index (κ3) is 7.64. The molecule has 0 bridgehead atoms. The standard InChI is InChI=1S/C28H26FN3O6S2/c1-18(2)38-23-14-21(13-22(15-23)37-11-9-19-10-12-39-17-19)27(33)31-26-8-7-20(16-30-26)28(34)32-40(35,36)25-6-4-3-5-24(25)29/h3-8,10,12-18H,9,11H2,1-2H3,(H,32,34)(H,30,31,33). The summed E-state index contributed by atoms with van der Waals surface area (Å²) in [7, 11) is -4.44.